The molecule has 2 N–H and O–H groups in total. The van der Waals surface area contributed by atoms with Gasteiger partial charge in [-0.3, -0.25) is 0 Å². The summed E-state index contributed by atoms with van der Waals surface area (Å²) in [5.41, 5.74) is 1.64. The molecule has 29 heavy (non-hydrogen) atoms. The van der Waals surface area contributed by atoms with Crippen LogP contribution in [0.5, 0.6) is 0 Å². The second-order valence-corrected chi connectivity index (χ2v) is 8.92. The van der Waals surface area contributed by atoms with E-state index in [1.165, 1.54) is 0 Å². The van der Waals surface area contributed by atoms with Gasteiger partial charge in [0.1, 0.15) is 5.82 Å². The van der Waals surface area contributed by atoms with E-state index in [-0.39, 0.29) is 11.4 Å². The first-order valence-corrected chi connectivity index (χ1v) is 11.0. The molecule has 0 aliphatic rings. The molecule has 0 saturated carbocycles. The number of fused-ring (bicyclic) bond motifs is 1. The highest BCUT2D eigenvalue weighted by Gasteiger charge is 2.14. The highest BCUT2D eigenvalue weighted by molar-refractivity contribution is 7.89. The average molecular weight is 418 g/mol. The molecule has 0 unspecified atom stereocenters. The van der Waals surface area contributed by atoms with Crippen LogP contribution < -0.4 is 10.0 Å². The maximum absolute atomic E-state index is 12.4. The van der Waals surface area contributed by atoms with Crippen molar-refractivity contribution < 1.29 is 8.42 Å². The molecule has 0 fully saturated rings. The Balaban J connectivity index is 1.61. The van der Waals surface area contributed by atoms with Crippen LogP contribution in [0.25, 0.3) is 5.65 Å². The second-order valence-electron chi connectivity index (χ2n) is 7.15. The van der Waals surface area contributed by atoms with Crippen LogP contribution >= 0.6 is 0 Å². The third-order valence-electron chi connectivity index (χ3n) is 4.39. The maximum Gasteiger partial charge on any atom is 0.240 e. The number of rotatable bonds is 10. The van der Waals surface area contributed by atoms with Gasteiger partial charge in [0.25, 0.3) is 0 Å². The van der Waals surface area contributed by atoms with Crippen LogP contribution in [-0.2, 0) is 16.4 Å². The maximum atomic E-state index is 12.4. The van der Waals surface area contributed by atoms with E-state index in [0.717, 1.165) is 30.9 Å². The third-order valence-corrected chi connectivity index (χ3v) is 5.86. The summed E-state index contributed by atoms with van der Waals surface area (Å²) in [5, 5.41) is 16.1. The molecule has 0 amide bonds. The average Bonchev–Trinajstić information content (AvgIpc) is 3.08. The molecular formula is C19H27N7O2S. The number of nitrogens with one attached hydrogen (secondary N) is 2. The van der Waals surface area contributed by atoms with E-state index in [9.17, 15) is 8.42 Å². The van der Waals surface area contributed by atoms with E-state index in [0.29, 0.717) is 17.9 Å². The minimum Gasteiger partial charge on any atom is -0.369 e. The number of hydrogen-bond donors (Lipinski definition) is 2. The van der Waals surface area contributed by atoms with E-state index in [2.05, 4.69) is 30.2 Å². The fraction of sp³-hybridized carbons (Fsp3) is 0.421. The molecule has 2 aromatic heterocycles. The van der Waals surface area contributed by atoms with Crippen molar-refractivity contribution in [2.45, 2.75) is 24.7 Å². The minimum absolute atomic E-state index is 0.208. The third kappa shape index (κ3) is 5.72. The molecule has 3 aromatic rings. The summed E-state index contributed by atoms with van der Waals surface area (Å²) in [6.07, 6.45) is 1.38. The van der Waals surface area contributed by atoms with Gasteiger partial charge in [0, 0.05) is 19.5 Å². The van der Waals surface area contributed by atoms with Crippen molar-refractivity contribution >= 4 is 21.5 Å². The second kappa shape index (κ2) is 9.29. The molecule has 3 rings (SSSR count). The largest absolute Gasteiger partial charge is 0.369 e. The first-order chi connectivity index (χ1) is 13.8. The van der Waals surface area contributed by atoms with Crippen LogP contribution in [0.15, 0.2) is 41.3 Å². The van der Waals surface area contributed by atoms with Gasteiger partial charge in [0.05, 0.1) is 4.90 Å². The first-order valence-electron chi connectivity index (χ1n) is 9.51. The van der Waals surface area contributed by atoms with Crippen molar-refractivity contribution in [3.63, 3.8) is 0 Å². The van der Waals surface area contributed by atoms with Crippen molar-refractivity contribution in [1.29, 1.82) is 0 Å². The fourth-order valence-electron chi connectivity index (χ4n) is 2.79. The number of sulfonamides is 1. The molecule has 2 heterocycles. The van der Waals surface area contributed by atoms with Gasteiger partial charge in [-0.25, -0.2) is 13.1 Å². The van der Waals surface area contributed by atoms with Crippen LogP contribution in [-0.4, -0.2) is 66.9 Å². The number of benzene rings is 1. The van der Waals surface area contributed by atoms with Crippen molar-refractivity contribution in [1.82, 2.24) is 29.4 Å². The van der Waals surface area contributed by atoms with Gasteiger partial charge in [-0.1, -0.05) is 17.7 Å². The molecule has 9 nitrogen and oxygen atoms in total. The molecule has 0 radical (unpaired) electrons. The van der Waals surface area contributed by atoms with Gasteiger partial charge in [-0.05, 0) is 58.3 Å². The van der Waals surface area contributed by atoms with Gasteiger partial charge < -0.3 is 10.2 Å². The monoisotopic (exact) mass is 417 g/mol. The van der Waals surface area contributed by atoms with E-state index in [1.54, 1.807) is 28.8 Å². The quantitative estimate of drug-likeness (QED) is 0.479. The Hall–Kier alpha value is -2.56. The number of hydrogen-bond acceptors (Lipinski definition) is 7. The van der Waals surface area contributed by atoms with Crippen LogP contribution in [0, 0.1) is 6.92 Å². The molecule has 0 aliphatic heterocycles. The number of aromatic nitrogens is 4. The highest BCUT2D eigenvalue weighted by Crippen LogP contribution is 2.11. The van der Waals surface area contributed by atoms with Crippen LogP contribution in [0.2, 0.25) is 0 Å². The summed E-state index contributed by atoms with van der Waals surface area (Å²) in [6, 6.07) is 10.5. The van der Waals surface area contributed by atoms with Crippen LogP contribution in [0.4, 0.5) is 5.82 Å². The zero-order valence-electron chi connectivity index (χ0n) is 17.0. The molecule has 0 spiro atoms. The normalized spacial score (nSPS) is 12.0. The summed E-state index contributed by atoms with van der Waals surface area (Å²) >= 11 is 0. The number of aryl methyl sites for hydroxylation is 1. The van der Waals surface area contributed by atoms with Crippen molar-refractivity contribution in [2.75, 3.05) is 39.0 Å². The molecular weight excluding hydrogens is 390 g/mol. The Morgan fingerprint density at radius 3 is 2.52 bits per heavy atom. The Kier molecular flexibility index (Phi) is 6.78. The standard InChI is InChI=1S/C19H27N7O2S/c1-15-5-7-16(8-6-15)29(27,28)21-13-11-19-23-22-18-10-9-17(24-26(18)19)20-12-4-14-25(2)3/h5-10,21H,4,11-14H2,1-3H3,(H,20,24). The molecule has 156 valence electrons. The zero-order valence-corrected chi connectivity index (χ0v) is 17.8. The van der Waals surface area contributed by atoms with Crippen LogP contribution in [0.1, 0.15) is 17.8 Å². The lowest BCUT2D eigenvalue weighted by Gasteiger charge is -2.10. The summed E-state index contributed by atoms with van der Waals surface area (Å²) in [5.74, 6) is 1.33. The van der Waals surface area contributed by atoms with E-state index >= 15 is 0 Å². The smallest absolute Gasteiger partial charge is 0.240 e. The lowest BCUT2D eigenvalue weighted by Crippen LogP contribution is -2.26. The lowest BCUT2D eigenvalue weighted by atomic mass is 10.2. The van der Waals surface area contributed by atoms with Gasteiger partial charge >= 0.3 is 0 Å². The predicted octanol–water partition coefficient (Wildman–Crippen LogP) is 1.32. The minimum atomic E-state index is -3.56. The molecule has 1 aromatic carbocycles. The van der Waals surface area contributed by atoms with Gasteiger partial charge in [-0.15, -0.1) is 15.3 Å². The Labute approximate surface area is 171 Å². The highest BCUT2D eigenvalue weighted by atomic mass is 32.2. The topological polar surface area (TPSA) is 105 Å². The lowest BCUT2D eigenvalue weighted by molar-refractivity contribution is 0.405. The zero-order chi connectivity index (χ0) is 20.9. The Morgan fingerprint density at radius 2 is 1.79 bits per heavy atom. The van der Waals surface area contributed by atoms with E-state index < -0.39 is 10.0 Å². The molecule has 0 bridgehead atoms. The number of nitrogens with zero attached hydrogens (tertiary/aromatic N) is 5. The first kappa shape index (κ1) is 21.2. The fourth-order valence-corrected chi connectivity index (χ4v) is 3.83. The van der Waals surface area contributed by atoms with Gasteiger partial charge in [0.2, 0.25) is 10.0 Å². The van der Waals surface area contributed by atoms with Gasteiger partial charge in [0.15, 0.2) is 11.5 Å². The predicted molar refractivity (Wildman–Crippen MR) is 113 cm³/mol. The summed E-state index contributed by atoms with van der Waals surface area (Å²) in [4.78, 5) is 2.38. The molecule has 10 heteroatoms. The summed E-state index contributed by atoms with van der Waals surface area (Å²) in [6.45, 7) is 3.93. The summed E-state index contributed by atoms with van der Waals surface area (Å²) in [7, 11) is 0.527. The molecule has 0 saturated heterocycles. The van der Waals surface area contributed by atoms with Crippen molar-refractivity contribution in [3.8, 4) is 0 Å². The Bertz CT molecular complexity index is 1050. The summed E-state index contributed by atoms with van der Waals surface area (Å²) < 4.78 is 29.1. The number of anilines is 1. The molecule has 0 atom stereocenters. The van der Waals surface area contributed by atoms with Crippen molar-refractivity contribution in [2.24, 2.45) is 0 Å². The van der Waals surface area contributed by atoms with Gasteiger partial charge in [-0.2, -0.15) is 4.52 Å². The SMILES string of the molecule is Cc1ccc(S(=O)(=O)NCCc2nnc3ccc(NCCCN(C)C)nn23)cc1. The van der Waals surface area contributed by atoms with Crippen molar-refractivity contribution in [3.05, 3.63) is 47.8 Å². The Morgan fingerprint density at radius 1 is 1.03 bits per heavy atom. The van der Waals surface area contributed by atoms with E-state index in [4.69, 9.17) is 0 Å². The van der Waals surface area contributed by atoms with Crippen LogP contribution in [0.3, 0.4) is 0 Å². The molecule has 0 aliphatic carbocycles. The van der Waals surface area contributed by atoms with E-state index in [1.807, 2.05) is 33.2 Å².